The number of H-pyrrole nitrogens is 1. The number of aliphatic hydroxyl groups excluding tert-OH is 1. The summed E-state index contributed by atoms with van der Waals surface area (Å²) in [6.45, 7) is 0.675. The molecule has 2 unspecified atom stereocenters. The van der Waals surface area contributed by atoms with E-state index in [9.17, 15) is 19.5 Å². The number of amides is 3. The number of likely N-dealkylation sites (N-methyl/N-ethyl adjacent to an activating group) is 1. The van der Waals surface area contributed by atoms with Crippen molar-refractivity contribution in [2.24, 2.45) is 0 Å². The molecular formula is C29H31N5O4. The molecule has 0 saturated carbocycles. The van der Waals surface area contributed by atoms with Gasteiger partial charge in [0.2, 0.25) is 11.8 Å². The summed E-state index contributed by atoms with van der Waals surface area (Å²) in [7, 11) is 1.70. The molecule has 0 bridgehead atoms. The third kappa shape index (κ3) is 5.33. The standard InChI is InChI=1S/C29H31N5O4/c1-32(17-20-9-3-2-4-10-20)29(38)25(19-33-13-7-8-14-33)31-27(36)26-15-21(35)18-34(26)28(37)23-16-30-24-12-6-5-11-22(23)24/h2-14,16,21,25-26,30,35H,15,17-19H2,1H3,(H,31,36)/t21-,25?,26?/m1/s1. The van der Waals surface area contributed by atoms with Crippen molar-refractivity contribution in [1.82, 2.24) is 24.7 Å². The second kappa shape index (κ2) is 10.9. The molecular weight excluding hydrogens is 482 g/mol. The van der Waals surface area contributed by atoms with Crippen LogP contribution in [0.1, 0.15) is 22.3 Å². The van der Waals surface area contributed by atoms with Gasteiger partial charge in [-0.2, -0.15) is 0 Å². The van der Waals surface area contributed by atoms with E-state index in [0.717, 1.165) is 16.5 Å². The van der Waals surface area contributed by atoms with Gasteiger partial charge in [-0.25, -0.2) is 0 Å². The highest BCUT2D eigenvalue weighted by Crippen LogP contribution is 2.25. The molecule has 38 heavy (non-hydrogen) atoms. The van der Waals surface area contributed by atoms with Crippen molar-refractivity contribution in [3.8, 4) is 0 Å². The minimum Gasteiger partial charge on any atom is -0.391 e. The third-order valence-corrected chi connectivity index (χ3v) is 6.98. The Hall–Kier alpha value is -4.37. The maximum atomic E-state index is 13.6. The molecule has 196 valence electrons. The first kappa shape index (κ1) is 25.3. The molecule has 1 aliphatic heterocycles. The lowest BCUT2D eigenvalue weighted by molar-refractivity contribution is -0.137. The van der Waals surface area contributed by atoms with Gasteiger partial charge in [0.15, 0.2) is 0 Å². The number of nitrogens with one attached hydrogen (secondary N) is 2. The molecule has 5 rings (SSSR count). The van der Waals surface area contributed by atoms with Crippen molar-refractivity contribution in [3.63, 3.8) is 0 Å². The zero-order valence-electron chi connectivity index (χ0n) is 21.2. The van der Waals surface area contributed by atoms with Gasteiger partial charge in [-0.15, -0.1) is 0 Å². The van der Waals surface area contributed by atoms with Crippen molar-refractivity contribution in [3.05, 3.63) is 96.4 Å². The number of aromatic amines is 1. The first-order chi connectivity index (χ1) is 18.4. The SMILES string of the molecule is CN(Cc1ccccc1)C(=O)C(Cn1cccc1)NC(=O)C1C[C@@H](O)CN1C(=O)c1c[nH]c2ccccc12. The second-order valence-electron chi connectivity index (χ2n) is 9.73. The van der Waals surface area contributed by atoms with Crippen LogP contribution in [-0.2, 0) is 22.7 Å². The Morgan fingerprint density at radius 3 is 2.53 bits per heavy atom. The smallest absolute Gasteiger partial charge is 0.256 e. The predicted octanol–water partition coefficient (Wildman–Crippen LogP) is 2.39. The first-order valence-electron chi connectivity index (χ1n) is 12.7. The molecule has 1 saturated heterocycles. The van der Waals surface area contributed by atoms with E-state index >= 15 is 0 Å². The lowest BCUT2D eigenvalue weighted by Gasteiger charge is -2.28. The van der Waals surface area contributed by atoms with Gasteiger partial charge in [0.1, 0.15) is 12.1 Å². The number of carbonyl (C=O) groups excluding carboxylic acids is 3. The first-order valence-corrected chi connectivity index (χ1v) is 12.7. The van der Waals surface area contributed by atoms with E-state index in [1.54, 1.807) is 18.1 Å². The average Bonchev–Trinajstić information content (AvgIpc) is 3.68. The maximum absolute atomic E-state index is 13.6. The number of hydrogen-bond acceptors (Lipinski definition) is 4. The van der Waals surface area contributed by atoms with Crippen LogP contribution >= 0.6 is 0 Å². The Morgan fingerprint density at radius 2 is 1.76 bits per heavy atom. The lowest BCUT2D eigenvalue weighted by Crippen LogP contribution is -2.54. The number of aliphatic hydroxyl groups is 1. The normalized spacial score (nSPS) is 17.9. The minimum atomic E-state index is -0.898. The van der Waals surface area contributed by atoms with Crippen LogP contribution in [0.3, 0.4) is 0 Å². The van der Waals surface area contributed by atoms with Crippen LogP contribution in [-0.4, -0.2) is 74.0 Å². The highest BCUT2D eigenvalue weighted by Gasteiger charge is 2.41. The van der Waals surface area contributed by atoms with Crippen LogP contribution in [0.2, 0.25) is 0 Å². The van der Waals surface area contributed by atoms with E-state index in [1.165, 1.54) is 4.90 Å². The third-order valence-electron chi connectivity index (χ3n) is 6.98. The highest BCUT2D eigenvalue weighted by atomic mass is 16.3. The van der Waals surface area contributed by atoms with Crippen LogP contribution < -0.4 is 5.32 Å². The van der Waals surface area contributed by atoms with E-state index in [2.05, 4.69) is 10.3 Å². The molecule has 0 aliphatic carbocycles. The number of aromatic nitrogens is 2. The number of fused-ring (bicyclic) bond motifs is 1. The van der Waals surface area contributed by atoms with Gasteiger partial charge >= 0.3 is 0 Å². The number of nitrogens with zero attached hydrogens (tertiary/aromatic N) is 3. The Balaban J connectivity index is 1.35. The highest BCUT2D eigenvalue weighted by molar-refractivity contribution is 6.08. The summed E-state index contributed by atoms with van der Waals surface area (Å²) in [5.41, 5.74) is 2.23. The number of benzene rings is 2. The van der Waals surface area contributed by atoms with Crippen molar-refractivity contribution in [1.29, 1.82) is 0 Å². The van der Waals surface area contributed by atoms with Crippen molar-refractivity contribution in [2.45, 2.75) is 37.7 Å². The number of hydrogen-bond donors (Lipinski definition) is 3. The number of carbonyl (C=O) groups is 3. The predicted molar refractivity (Wildman–Crippen MR) is 143 cm³/mol. The summed E-state index contributed by atoms with van der Waals surface area (Å²) in [5, 5.41) is 14.1. The zero-order valence-corrected chi connectivity index (χ0v) is 21.2. The summed E-state index contributed by atoms with van der Waals surface area (Å²) in [6, 6.07) is 19.0. The summed E-state index contributed by atoms with van der Waals surface area (Å²) in [4.78, 5) is 46.6. The van der Waals surface area contributed by atoms with Gasteiger partial charge in [0.25, 0.3) is 5.91 Å². The molecule has 3 heterocycles. The van der Waals surface area contributed by atoms with Gasteiger partial charge in [0.05, 0.1) is 18.2 Å². The molecule has 3 N–H and O–H groups in total. The average molecular weight is 514 g/mol. The van der Waals surface area contributed by atoms with Gasteiger partial charge < -0.3 is 29.8 Å². The van der Waals surface area contributed by atoms with E-state index < -0.39 is 24.1 Å². The van der Waals surface area contributed by atoms with Crippen molar-refractivity contribution >= 4 is 28.6 Å². The Morgan fingerprint density at radius 1 is 1.05 bits per heavy atom. The molecule has 1 aliphatic rings. The van der Waals surface area contributed by atoms with Gasteiger partial charge in [0, 0.05) is 56.1 Å². The second-order valence-corrected chi connectivity index (χ2v) is 9.73. The lowest BCUT2D eigenvalue weighted by atomic mass is 10.1. The molecule has 0 spiro atoms. The maximum Gasteiger partial charge on any atom is 0.256 e. The summed E-state index contributed by atoms with van der Waals surface area (Å²) < 4.78 is 1.83. The zero-order chi connectivity index (χ0) is 26.6. The summed E-state index contributed by atoms with van der Waals surface area (Å²) in [5.74, 6) is -1.05. The Kier molecular flexibility index (Phi) is 7.28. The number of β-amino-alcohol motifs (C(OH)–C–C–N with tert-alkyl or cyclic N) is 1. The van der Waals surface area contributed by atoms with E-state index in [-0.39, 0.29) is 31.3 Å². The largest absolute Gasteiger partial charge is 0.391 e. The monoisotopic (exact) mass is 513 g/mol. The molecule has 9 nitrogen and oxygen atoms in total. The molecule has 9 heteroatoms. The Labute approximate surface area is 220 Å². The van der Waals surface area contributed by atoms with Crippen molar-refractivity contribution < 1.29 is 19.5 Å². The minimum absolute atomic E-state index is 0.0422. The fraction of sp³-hybridized carbons (Fsp3) is 0.276. The summed E-state index contributed by atoms with van der Waals surface area (Å²) >= 11 is 0. The molecule has 3 amide bonds. The van der Waals surface area contributed by atoms with Crippen LogP contribution in [0, 0.1) is 0 Å². The van der Waals surface area contributed by atoms with Gasteiger partial charge in [-0.1, -0.05) is 48.5 Å². The fourth-order valence-electron chi connectivity index (χ4n) is 5.05. The van der Waals surface area contributed by atoms with E-state index in [1.807, 2.05) is 83.7 Å². The van der Waals surface area contributed by atoms with Gasteiger partial charge in [-0.05, 0) is 23.8 Å². The topological polar surface area (TPSA) is 111 Å². The fourth-order valence-corrected chi connectivity index (χ4v) is 5.05. The van der Waals surface area contributed by atoms with Crippen molar-refractivity contribution in [2.75, 3.05) is 13.6 Å². The van der Waals surface area contributed by atoms with Crippen LogP contribution in [0.5, 0.6) is 0 Å². The molecule has 4 aromatic rings. The van der Waals surface area contributed by atoms with E-state index in [0.29, 0.717) is 12.1 Å². The number of para-hydroxylation sites is 1. The molecule has 2 aromatic carbocycles. The summed E-state index contributed by atoms with van der Waals surface area (Å²) in [6.07, 6.45) is 4.55. The number of rotatable bonds is 8. The molecule has 2 aromatic heterocycles. The molecule has 0 radical (unpaired) electrons. The van der Waals surface area contributed by atoms with Crippen LogP contribution in [0.4, 0.5) is 0 Å². The Bertz CT molecular complexity index is 1420. The van der Waals surface area contributed by atoms with Crippen LogP contribution in [0.15, 0.2) is 85.3 Å². The van der Waals surface area contributed by atoms with E-state index in [4.69, 9.17) is 0 Å². The number of likely N-dealkylation sites (tertiary alicyclic amines) is 1. The quantitative estimate of drug-likeness (QED) is 0.336. The van der Waals surface area contributed by atoms with Crippen LogP contribution in [0.25, 0.3) is 10.9 Å². The van der Waals surface area contributed by atoms with Gasteiger partial charge in [-0.3, -0.25) is 14.4 Å². The molecule has 1 fully saturated rings. The molecule has 3 atom stereocenters.